The van der Waals surface area contributed by atoms with Gasteiger partial charge in [0.1, 0.15) is 10.9 Å². The minimum absolute atomic E-state index is 0.0464. The Balaban J connectivity index is 1.45. The largest absolute Gasteiger partial charge is 0.433 e. The maximum Gasteiger partial charge on any atom is 0.433 e. The number of fused-ring (bicyclic) bond motifs is 1. The summed E-state index contributed by atoms with van der Waals surface area (Å²) in [6.07, 6.45) is -3.41. The molecule has 4 unspecified atom stereocenters. The van der Waals surface area contributed by atoms with Crippen LogP contribution in [0.15, 0.2) is 12.3 Å². The van der Waals surface area contributed by atoms with E-state index in [1.54, 1.807) is 9.21 Å². The van der Waals surface area contributed by atoms with Crippen LogP contribution in [0.25, 0.3) is 0 Å². The lowest BCUT2D eigenvalue weighted by atomic mass is 10.0. The minimum Gasteiger partial charge on any atom is -0.340 e. The van der Waals surface area contributed by atoms with Gasteiger partial charge >= 0.3 is 6.18 Å². The third-order valence-corrected chi connectivity index (χ3v) is 8.42. The van der Waals surface area contributed by atoms with Crippen LogP contribution in [0, 0.1) is 11.8 Å². The third-order valence-electron chi connectivity index (χ3n) is 5.90. The maximum atomic E-state index is 13.1. The van der Waals surface area contributed by atoms with E-state index >= 15 is 0 Å². The van der Waals surface area contributed by atoms with Crippen LogP contribution in [0.1, 0.15) is 19.5 Å². The first kappa shape index (κ1) is 19.8. The molecule has 3 aliphatic rings. The molecule has 12 heteroatoms. The van der Waals surface area contributed by atoms with Crippen molar-refractivity contribution in [3.05, 3.63) is 18.0 Å². The van der Waals surface area contributed by atoms with Crippen LogP contribution in [0.2, 0.25) is 0 Å². The molecule has 4 heterocycles. The minimum atomic E-state index is -4.52. The zero-order chi connectivity index (χ0) is 20.3. The molecule has 0 aromatic carbocycles. The quantitative estimate of drug-likeness (QED) is 0.734. The lowest BCUT2D eigenvalue weighted by Gasteiger charge is -2.27. The van der Waals surface area contributed by atoms with Crippen molar-refractivity contribution in [2.75, 3.05) is 31.1 Å². The molecule has 0 radical (unpaired) electrons. The Kier molecular flexibility index (Phi) is 4.80. The van der Waals surface area contributed by atoms with Gasteiger partial charge in [-0.05, 0) is 31.7 Å². The summed E-state index contributed by atoms with van der Waals surface area (Å²) in [7, 11) is -3.48. The summed E-state index contributed by atoms with van der Waals surface area (Å²) >= 11 is 0. The first-order valence-corrected chi connectivity index (χ1v) is 10.7. The summed E-state index contributed by atoms with van der Waals surface area (Å²) in [6, 6.07) is 0.451. The number of nitrogens with one attached hydrogen (secondary N) is 2. The molecule has 1 aromatic rings. The van der Waals surface area contributed by atoms with Gasteiger partial charge in [0.2, 0.25) is 16.0 Å². The van der Waals surface area contributed by atoms with Crippen molar-refractivity contribution in [2.45, 2.75) is 37.4 Å². The number of anilines is 1. The van der Waals surface area contributed by atoms with E-state index in [1.165, 1.54) is 0 Å². The predicted octanol–water partition coefficient (Wildman–Crippen LogP) is 0.447. The standard InChI is InChI=1S/C16H23F3N6O2S/c1-9-14(10(2)23-22-9)28(26,27)25-7-11-5-24(6-12(11)8-25)15-20-4-3-13(21-15)16(17,18)19/h3-4,9-12,14,22-23H,5-8H2,1-2H3. The summed E-state index contributed by atoms with van der Waals surface area (Å²) in [5, 5.41) is -0.547. The van der Waals surface area contributed by atoms with E-state index in [0.717, 1.165) is 12.3 Å². The van der Waals surface area contributed by atoms with E-state index in [-0.39, 0.29) is 29.9 Å². The Morgan fingerprint density at radius 2 is 1.64 bits per heavy atom. The van der Waals surface area contributed by atoms with Crippen molar-refractivity contribution in [1.82, 2.24) is 25.1 Å². The van der Waals surface area contributed by atoms with Gasteiger partial charge < -0.3 is 4.90 Å². The molecule has 28 heavy (non-hydrogen) atoms. The second kappa shape index (κ2) is 6.78. The SMILES string of the molecule is CC1NNC(C)C1S(=O)(=O)N1CC2CN(c3nccc(C(F)(F)F)n3)CC2C1. The molecule has 4 rings (SSSR count). The Bertz CT molecular complexity index is 827. The van der Waals surface area contributed by atoms with E-state index in [4.69, 9.17) is 0 Å². The normalized spacial score (nSPS) is 34.2. The molecule has 0 spiro atoms. The van der Waals surface area contributed by atoms with Crippen LogP contribution >= 0.6 is 0 Å². The highest BCUT2D eigenvalue weighted by Gasteiger charge is 2.50. The van der Waals surface area contributed by atoms with Gasteiger partial charge in [0.05, 0.1) is 0 Å². The number of halogens is 3. The monoisotopic (exact) mass is 420 g/mol. The zero-order valence-corrected chi connectivity index (χ0v) is 16.3. The van der Waals surface area contributed by atoms with Crippen molar-refractivity contribution in [3.63, 3.8) is 0 Å². The second-order valence-electron chi connectivity index (χ2n) is 7.86. The Hall–Kier alpha value is -1.50. The van der Waals surface area contributed by atoms with Gasteiger partial charge in [0, 0.05) is 44.5 Å². The zero-order valence-electron chi connectivity index (χ0n) is 15.5. The van der Waals surface area contributed by atoms with Gasteiger partial charge in [-0.15, -0.1) is 0 Å². The number of nitrogens with zero attached hydrogens (tertiary/aromatic N) is 4. The maximum absolute atomic E-state index is 13.1. The van der Waals surface area contributed by atoms with E-state index < -0.39 is 27.1 Å². The Morgan fingerprint density at radius 3 is 2.18 bits per heavy atom. The van der Waals surface area contributed by atoms with Crippen molar-refractivity contribution < 1.29 is 21.6 Å². The van der Waals surface area contributed by atoms with Gasteiger partial charge in [-0.25, -0.2) is 22.7 Å². The summed E-state index contributed by atoms with van der Waals surface area (Å²) in [6.45, 7) is 5.32. The number of rotatable bonds is 3. The molecule has 2 N–H and O–H groups in total. The lowest BCUT2D eigenvalue weighted by Crippen LogP contribution is -2.47. The number of hydrogen-bond acceptors (Lipinski definition) is 7. The summed E-state index contributed by atoms with van der Waals surface area (Å²) in [5.74, 6) is 0.159. The van der Waals surface area contributed by atoms with Gasteiger partial charge in [-0.1, -0.05) is 0 Å². The highest BCUT2D eigenvalue weighted by atomic mass is 32.2. The summed E-state index contributed by atoms with van der Waals surface area (Å²) in [5.41, 5.74) is 4.98. The summed E-state index contributed by atoms with van der Waals surface area (Å²) < 4.78 is 66.4. The predicted molar refractivity (Wildman–Crippen MR) is 95.7 cm³/mol. The van der Waals surface area contributed by atoms with Crippen molar-refractivity contribution >= 4 is 16.0 Å². The van der Waals surface area contributed by atoms with E-state index in [0.29, 0.717) is 26.2 Å². The third kappa shape index (κ3) is 3.36. The second-order valence-corrected chi connectivity index (χ2v) is 9.95. The number of hydrazine groups is 1. The van der Waals surface area contributed by atoms with Crippen molar-refractivity contribution in [3.8, 4) is 0 Å². The van der Waals surface area contributed by atoms with Gasteiger partial charge in [-0.3, -0.25) is 10.9 Å². The van der Waals surface area contributed by atoms with Gasteiger partial charge in [-0.2, -0.15) is 13.2 Å². The number of hydrogen-bond donors (Lipinski definition) is 2. The van der Waals surface area contributed by atoms with Crippen LogP contribution in [-0.4, -0.2) is 66.2 Å². The summed E-state index contributed by atoms with van der Waals surface area (Å²) in [4.78, 5) is 9.35. The number of aromatic nitrogens is 2. The lowest BCUT2D eigenvalue weighted by molar-refractivity contribution is -0.141. The molecule has 0 aliphatic carbocycles. The van der Waals surface area contributed by atoms with Crippen LogP contribution in [-0.2, 0) is 16.2 Å². The molecule has 3 saturated heterocycles. The molecule has 3 fully saturated rings. The molecule has 1 aromatic heterocycles. The fourth-order valence-electron chi connectivity index (χ4n) is 4.53. The van der Waals surface area contributed by atoms with Crippen molar-refractivity contribution in [1.29, 1.82) is 0 Å². The fraction of sp³-hybridized carbons (Fsp3) is 0.750. The molecule has 3 aliphatic heterocycles. The highest BCUT2D eigenvalue weighted by molar-refractivity contribution is 7.89. The smallest absolute Gasteiger partial charge is 0.340 e. The average Bonchev–Trinajstić information content (AvgIpc) is 3.27. The Labute approximate surface area is 161 Å². The number of sulfonamides is 1. The van der Waals surface area contributed by atoms with Crippen LogP contribution in [0.4, 0.5) is 19.1 Å². The molecular weight excluding hydrogens is 397 g/mol. The molecule has 8 nitrogen and oxygen atoms in total. The molecular formula is C16H23F3N6O2S. The average molecular weight is 420 g/mol. The molecule has 0 bridgehead atoms. The van der Waals surface area contributed by atoms with E-state index in [2.05, 4.69) is 20.8 Å². The van der Waals surface area contributed by atoms with Crippen molar-refractivity contribution in [2.24, 2.45) is 11.8 Å². The van der Waals surface area contributed by atoms with Crippen LogP contribution in [0.3, 0.4) is 0 Å². The first-order valence-electron chi connectivity index (χ1n) is 9.22. The molecule has 4 atom stereocenters. The van der Waals surface area contributed by atoms with Crippen LogP contribution in [0.5, 0.6) is 0 Å². The van der Waals surface area contributed by atoms with E-state index in [9.17, 15) is 21.6 Å². The molecule has 0 saturated carbocycles. The highest BCUT2D eigenvalue weighted by Crippen LogP contribution is 2.36. The van der Waals surface area contributed by atoms with Crippen LogP contribution < -0.4 is 15.8 Å². The molecule has 156 valence electrons. The Morgan fingerprint density at radius 1 is 1.07 bits per heavy atom. The topological polar surface area (TPSA) is 90.5 Å². The van der Waals surface area contributed by atoms with Gasteiger partial charge in [0.25, 0.3) is 0 Å². The molecule has 0 amide bonds. The fourth-order valence-corrected chi connectivity index (χ4v) is 6.84. The van der Waals surface area contributed by atoms with Gasteiger partial charge in [0.15, 0.2) is 0 Å². The first-order chi connectivity index (χ1) is 13.1. The number of alkyl halides is 3. The van der Waals surface area contributed by atoms with E-state index in [1.807, 2.05) is 13.8 Å².